The van der Waals surface area contributed by atoms with Crippen LogP contribution in [0.5, 0.6) is 5.75 Å². The zero-order valence-electron chi connectivity index (χ0n) is 23.6. The van der Waals surface area contributed by atoms with Gasteiger partial charge < -0.3 is 15.4 Å². The Morgan fingerprint density at radius 3 is 2.37 bits per heavy atom. The molecule has 1 unspecified atom stereocenters. The molecule has 7 heteroatoms. The number of hydrogen-bond donors (Lipinski definition) is 2. The highest BCUT2D eigenvalue weighted by Gasteiger charge is 2.20. The van der Waals surface area contributed by atoms with Crippen molar-refractivity contribution in [3.05, 3.63) is 130 Å². The van der Waals surface area contributed by atoms with Crippen LogP contribution in [0, 0.1) is 13.8 Å². The molecule has 4 aromatic carbocycles. The number of aromatic nitrogens is 2. The van der Waals surface area contributed by atoms with E-state index in [1.165, 1.54) is 0 Å². The summed E-state index contributed by atoms with van der Waals surface area (Å²) >= 11 is 0. The van der Waals surface area contributed by atoms with E-state index in [0.717, 1.165) is 33.8 Å². The zero-order chi connectivity index (χ0) is 28.8. The second-order valence-corrected chi connectivity index (χ2v) is 10.1. The van der Waals surface area contributed by atoms with E-state index in [1.54, 1.807) is 11.7 Å². The van der Waals surface area contributed by atoms with Crippen LogP contribution in [0.15, 0.2) is 102 Å². The highest BCUT2D eigenvalue weighted by atomic mass is 16.5. The van der Waals surface area contributed by atoms with Crippen molar-refractivity contribution < 1.29 is 9.53 Å². The third kappa shape index (κ3) is 6.30. The fourth-order valence-corrected chi connectivity index (χ4v) is 4.84. The van der Waals surface area contributed by atoms with Crippen LogP contribution >= 0.6 is 0 Å². The smallest absolute Gasteiger partial charge is 0.265 e. The van der Waals surface area contributed by atoms with E-state index in [9.17, 15) is 9.59 Å². The third-order valence-corrected chi connectivity index (χ3v) is 7.27. The maximum Gasteiger partial charge on any atom is 0.265 e. The molecule has 208 valence electrons. The van der Waals surface area contributed by atoms with Crippen LogP contribution in [-0.2, 0) is 11.2 Å². The minimum absolute atomic E-state index is 0.0919. The van der Waals surface area contributed by atoms with Crippen molar-refractivity contribution in [2.45, 2.75) is 32.7 Å². The maximum atomic E-state index is 13.6. The summed E-state index contributed by atoms with van der Waals surface area (Å²) in [6, 6.07) is 30.0. The molecule has 5 aromatic rings. The van der Waals surface area contributed by atoms with E-state index in [-0.39, 0.29) is 11.5 Å². The summed E-state index contributed by atoms with van der Waals surface area (Å²) in [6.45, 7) is 4.52. The molecule has 1 amide bonds. The first-order valence-corrected chi connectivity index (χ1v) is 13.8. The number of hydrogen-bond acceptors (Lipinski definition) is 5. The lowest BCUT2D eigenvalue weighted by Crippen LogP contribution is -2.34. The summed E-state index contributed by atoms with van der Waals surface area (Å²) in [4.78, 5) is 31.8. The molecule has 0 aliphatic rings. The summed E-state index contributed by atoms with van der Waals surface area (Å²) in [7, 11) is 1.62. The Bertz CT molecular complexity index is 1710. The van der Waals surface area contributed by atoms with Crippen LogP contribution in [0.25, 0.3) is 16.6 Å². The largest absolute Gasteiger partial charge is 0.497 e. The standard InChI is InChI=1S/C34H34N4O3/c1-23-15-18-27(22-24(23)2)38-31(37-30-13-8-7-12-29(30)34(38)40)14-9-21-35-33(39)32(25-10-5-4-6-11-25)36-26-16-19-28(41-3)20-17-26/h4-8,10-13,15-20,22,32,36H,9,14,21H2,1-3H3,(H,35,39). The Morgan fingerprint density at radius 2 is 1.63 bits per heavy atom. The normalized spacial score (nSPS) is 11.7. The van der Waals surface area contributed by atoms with Crippen molar-refractivity contribution in [1.82, 2.24) is 14.9 Å². The number of fused-ring (bicyclic) bond motifs is 1. The van der Waals surface area contributed by atoms with Gasteiger partial charge in [0.05, 0.1) is 23.7 Å². The van der Waals surface area contributed by atoms with E-state index >= 15 is 0 Å². The number of para-hydroxylation sites is 1. The van der Waals surface area contributed by atoms with Crippen LogP contribution < -0.4 is 20.9 Å². The minimum Gasteiger partial charge on any atom is -0.497 e. The highest BCUT2D eigenvalue weighted by molar-refractivity contribution is 5.86. The molecule has 41 heavy (non-hydrogen) atoms. The Hall–Kier alpha value is -4.91. The first-order valence-electron chi connectivity index (χ1n) is 13.8. The van der Waals surface area contributed by atoms with Gasteiger partial charge in [0.1, 0.15) is 17.6 Å². The average molecular weight is 547 g/mol. The van der Waals surface area contributed by atoms with Crippen molar-refractivity contribution in [3.63, 3.8) is 0 Å². The van der Waals surface area contributed by atoms with Crippen LogP contribution in [0.2, 0.25) is 0 Å². The van der Waals surface area contributed by atoms with E-state index in [0.29, 0.717) is 36.1 Å². The molecule has 0 radical (unpaired) electrons. The molecule has 2 N–H and O–H groups in total. The monoisotopic (exact) mass is 546 g/mol. The average Bonchev–Trinajstić information content (AvgIpc) is 3.00. The van der Waals surface area contributed by atoms with Gasteiger partial charge in [-0.1, -0.05) is 48.5 Å². The molecule has 0 fully saturated rings. The molecule has 0 bridgehead atoms. The van der Waals surface area contributed by atoms with Gasteiger partial charge in [-0.3, -0.25) is 14.2 Å². The molecular formula is C34H34N4O3. The fraction of sp³-hybridized carbons (Fsp3) is 0.206. The second kappa shape index (κ2) is 12.5. The molecule has 5 rings (SSSR count). The molecule has 0 saturated carbocycles. The molecule has 1 atom stereocenters. The topological polar surface area (TPSA) is 85.2 Å². The fourth-order valence-electron chi connectivity index (χ4n) is 4.84. The number of rotatable bonds is 10. The molecule has 1 heterocycles. The Morgan fingerprint density at radius 1 is 0.902 bits per heavy atom. The number of amides is 1. The van der Waals surface area contributed by atoms with Crippen LogP contribution in [0.1, 0.15) is 35.0 Å². The number of aryl methyl sites for hydroxylation is 3. The lowest BCUT2D eigenvalue weighted by Gasteiger charge is -2.20. The summed E-state index contributed by atoms with van der Waals surface area (Å²) in [6.07, 6.45) is 1.14. The summed E-state index contributed by atoms with van der Waals surface area (Å²) < 4.78 is 6.96. The quantitative estimate of drug-likeness (QED) is 0.213. The predicted octanol–water partition coefficient (Wildman–Crippen LogP) is 5.91. The Labute approximate surface area is 239 Å². The SMILES string of the molecule is COc1ccc(NC(C(=O)NCCCc2nc3ccccc3c(=O)n2-c2ccc(C)c(C)c2)c2ccccc2)cc1. The van der Waals surface area contributed by atoms with Gasteiger partial charge in [0.15, 0.2) is 0 Å². The molecule has 0 aliphatic carbocycles. The number of ether oxygens (including phenoxy) is 1. The van der Waals surface area contributed by atoms with Crippen molar-refractivity contribution >= 4 is 22.5 Å². The lowest BCUT2D eigenvalue weighted by molar-refractivity contribution is -0.121. The molecule has 1 aromatic heterocycles. The van der Waals surface area contributed by atoms with E-state index in [2.05, 4.69) is 17.6 Å². The van der Waals surface area contributed by atoms with Crippen LogP contribution in [-0.4, -0.2) is 29.1 Å². The van der Waals surface area contributed by atoms with Gasteiger partial charge in [0.25, 0.3) is 5.56 Å². The number of carbonyl (C=O) groups is 1. The summed E-state index contributed by atoms with van der Waals surface area (Å²) in [5.41, 5.74) is 5.32. The van der Waals surface area contributed by atoms with E-state index in [4.69, 9.17) is 9.72 Å². The van der Waals surface area contributed by atoms with Crippen molar-refractivity contribution in [2.75, 3.05) is 19.0 Å². The van der Waals surface area contributed by atoms with Gasteiger partial charge in [-0.25, -0.2) is 4.98 Å². The first-order chi connectivity index (χ1) is 19.9. The molecule has 7 nitrogen and oxygen atoms in total. The molecule has 0 aliphatic heterocycles. The van der Waals surface area contributed by atoms with Gasteiger partial charge >= 0.3 is 0 Å². The van der Waals surface area contributed by atoms with Gasteiger partial charge in [0.2, 0.25) is 5.91 Å². The summed E-state index contributed by atoms with van der Waals surface area (Å²) in [5, 5.41) is 7.01. The Kier molecular flexibility index (Phi) is 8.44. The number of methoxy groups -OCH3 is 1. The number of anilines is 1. The number of benzene rings is 4. The molecule has 0 saturated heterocycles. The molecule has 0 spiro atoms. The molecular weight excluding hydrogens is 512 g/mol. The van der Waals surface area contributed by atoms with Gasteiger partial charge in [-0.15, -0.1) is 0 Å². The zero-order valence-corrected chi connectivity index (χ0v) is 23.6. The third-order valence-electron chi connectivity index (χ3n) is 7.27. The number of nitrogens with one attached hydrogen (secondary N) is 2. The van der Waals surface area contributed by atoms with Crippen molar-refractivity contribution in [1.29, 1.82) is 0 Å². The van der Waals surface area contributed by atoms with Gasteiger partial charge in [-0.05, 0) is 85.5 Å². The lowest BCUT2D eigenvalue weighted by atomic mass is 10.1. The second-order valence-electron chi connectivity index (χ2n) is 10.1. The maximum absolute atomic E-state index is 13.6. The van der Waals surface area contributed by atoms with Crippen LogP contribution in [0.4, 0.5) is 5.69 Å². The van der Waals surface area contributed by atoms with E-state index in [1.807, 2.05) is 104 Å². The number of nitrogens with zero attached hydrogens (tertiary/aromatic N) is 2. The minimum atomic E-state index is -0.572. The van der Waals surface area contributed by atoms with E-state index < -0.39 is 6.04 Å². The van der Waals surface area contributed by atoms with Gasteiger partial charge in [-0.2, -0.15) is 0 Å². The van der Waals surface area contributed by atoms with Gasteiger partial charge in [0, 0.05) is 18.7 Å². The van der Waals surface area contributed by atoms with Crippen molar-refractivity contribution in [3.8, 4) is 11.4 Å². The van der Waals surface area contributed by atoms with Crippen molar-refractivity contribution in [2.24, 2.45) is 0 Å². The predicted molar refractivity (Wildman–Crippen MR) is 164 cm³/mol. The summed E-state index contributed by atoms with van der Waals surface area (Å²) in [5.74, 6) is 1.28. The van der Waals surface area contributed by atoms with Crippen LogP contribution in [0.3, 0.4) is 0 Å². The first kappa shape index (κ1) is 27.6. The highest BCUT2D eigenvalue weighted by Crippen LogP contribution is 2.22. The Balaban J connectivity index is 1.34. The number of carbonyl (C=O) groups excluding carboxylic acids is 1.